The van der Waals surface area contributed by atoms with Crippen LogP contribution in [0.4, 0.5) is 8.78 Å². The Balaban J connectivity index is 2.17. The minimum Gasteiger partial charge on any atom is -0.312 e. The van der Waals surface area contributed by atoms with Crippen molar-refractivity contribution in [1.29, 1.82) is 0 Å². The summed E-state index contributed by atoms with van der Waals surface area (Å²) in [4.78, 5) is 1.05. The van der Waals surface area contributed by atoms with Gasteiger partial charge in [0.2, 0.25) is 0 Å². The summed E-state index contributed by atoms with van der Waals surface area (Å²) in [5.74, 6) is -0.556. The van der Waals surface area contributed by atoms with Crippen LogP contribution in [0.1, 0.15) is 11.6 Å². The highest BCUT2D eigenvalue weighted by Crippen LogP contribution is 2.31. The van der Waals surface area contributed by atoms with E-state index in [-0.39, 0.29) is 10.0 Å². The number of rotatable bonds is 5. The first-order valence-electron chi connectivity index (χ1n) is 6.22. The molecular weight excluding hydrogens is 424 g/mol. The van der Waals surface area contributed by atoms with Gasteiger partial charge >= 0.3 is 0 Å². The predicted molar refractivity (Wildman–Crippen MR) is 90.7 cm³/mol. The van der Waals surface area contributed by atoms with Gasteiger partial charge in [-0.3, -0.25) is 0 Å². The molecule has 21 heavy (non-hydrogen) atoms. The van der Waals surface area contributed by atoms with E-state index in [1.54, 1.807) is 18.8 Å². The van der Waals surface area contributed by atoms with Gasteiger partial charge < -0.3 is 5.32 Å². The van der Waals surface area contributed by atoms with Gasteiger partial charge in [0, 0.05) is 26.7 Å². The van der Waals surface area contributed by atoms with Crippen molar-refractivity contribution < 1.29 is 8.78 Å². The van der Waals surface area contributed by atoms with Crippen molar-refractivity contribution >= 4 is 43.6 Å². The number of hydrogen-bond acceptors (Lipinski definition) is 2. The zero-order valence-electron chi connectivity index (χ0n) is 11.2. The second-order valence-electron chi connectivity index (χ2n) is 4.36. The maximum atomic E-state index is 14.1. The quantitative estimate of drug-likeness (QED) is 0.487. The Morgan fingerprint density at radius 2 is 1.76 bits per heavy atom. The largest absolute Gasteiger partial charge is 0.312 e. The van der Waals surface area contributed by atoms with Crippen LogP contribution in [0.3, 0.4) is 0 Å². The molecule has 0 aliphatic heterocycles. The van der Waals surface area contributed by atoms with Crippen LogP contribution in [0.5, 0.6) is 0 Å². The Hall–Kier alpha value is -0.430. The fourth-order valence-corrected chi connectivity index (χ4v) is 3.51. The van der Waals surface area contributed by atoms with Crippen LogP contribution in [0.15, 0.2) is 50.2 Å². The van der Waals surface area contributed by atoms with Gasteiger partial charge in [-0.05, 0) is 59.4 Å². The minimum atomic E-state index is -0.550. The minimum absolute atomic E-state index is 0.0662. The highest BCUT2D eigenvalue weighted by Gasteiger charge is 2.21. The SMILES string of the molecule is CNC(CSc1ccc(Br)cc1)c1c(F)ccc(Br)c1F. The maximum Gasteiger partial charge on any atom is 0.145 e. The summed E-state index contributed by atoms with van der Waals surface area (Å²) < 4.78 is 29.3. The van der Waals surface area contributed by atoms with Crippen LogP contribution in [-0.4, -0.2) is 12.8 Å². The Labute approximate surface area is 143 Å². The van der Waals surface area contributed by atoms with Crippen molar-refractivity contribution in [1.82, 2.24) is 5.32 Å². The topological polar surface area (TPSA) is 12.0 Å². The van der Waals surface area contributed by atoms with E-state index in [1.165, 1.54) is 12.1 Å². The van der Waals surface area contributed by atoms with Gasteiger partial charge in [-0.15, -0.1) is 11.8 Å². The first-order chi connectivity index (χ1) is 10.0. The third-order valence-electron chi connectivity index (χ3n) is 3.01. The first kappa shape index (κ1) is 16.9. The highest BCUT2D eigenvalue weighted by atomic mass is 79.9. The first-order valence-corrected chi connectivity index (χ1v) is 8.79. The Morgan fingerprint density at radius 3 is 2.38 bits per heavy atom. The standard InChI is InChI=1S/C15H13Br2F2NS/c1-20-13(8-21-10-4-2-9(16)3-5-10)14-12(18)7-6-11(17)15(14)19/h2-7,13,20H,8H2,1H3. The van der Waals surface area contributed by atoms with Crippen LogP contribution in [0, 0.1) is 11.6 Å². The molecule has 0 aliphatic rings. The average Bonchev–Trinajstić information content (AvgIpc) is 2.48. The number of nitrogens with one attached hydrogen (secondary N) is 1. The summed E-state index contributed by atoms with van der Waals surface area (Å²) >= 11 is 8.03. The van der Waals surface area contributed by atoms with Crippen molar-refractivity contribution in [2.24, 2.45) is 0 Å². The molecule has 0 heterocycles. The average molecular weight is 437 g/mol. The van der Waals surface area contributed by atoms with E-state index < -0.39 is 17.7 Å². The molecule has 0 spiro atoms. The van der Waals surface area contributed by atoms with Crippen LogP contribution in [-0.2, 0) is 0 Å². The van der Waals surface area contributed by atoms with Gasteiger partial charge in [0.05, 0.1) is 4.47 Å². The fraction of sp³-hybridized carbons (Fsp3) is 0.200. The van der Waals surface area contributed by atoms with E-state index in [2.05, 4.69) is 37.2 Å². The third kappa shape index (κ3) is 4.28. The third-order valence-corrected chi connectivity index (χ3v) is 5.25. The molecule has 6 heteroatoms. The molecule has 0 aliphatic carbocycles. The number of thioether (sulfide) groups is 1. The zero-order chi connectivity index (χ0) is 15.4. The molecule has 0 bridgehead atoms. The maximum absolute atomic E-state index is 14.1. The van der Waals surface area contributed by atoms with E-state index in [9.17, 15) is 8.78 Å². The van der Waals surface area contributed by atoms with Gasteiger partial charge in [0.15, 0.2) is 0 Å². The second kappa shape index (κ2) is 7.72. The summed E-state index contributed by atoms with van der Waals surface area (Å²) in [5, 5.41) is 2.98. The summed E-state index contributed by atoms with van der Waals surface area (Å²) in [6.07, 6.45) is 0. The van der Waals surface area contributed by atoms with Gasteiger partial charge in [-0.25, -0.2) is 8.78 Å². The normalized spacial score (nSPS) is 12.4. The molecule has 0 amide bonds. The van der Waals surface area contributed by atoms with E-state index in [4.69, 9.17) is 0 Å². The fourth-order valence-electron chi connectivity index (χ4n) is 1.88. The lowest BCUT2D eigenvalue weighted by Gasteiger charge is -2.18. The monoisotopic (exact) mass is 435 g/mol. The molecule has 1 unspecified atom stereocenters. The van der Waals surface area contributed by atoms with Gasteiger partial charge in [-0.2, -0.15) is 0 Å². The smallest absolute Gasteiger partial charge is 0.145 e. The van der Waals surface area contributed by atoms with Gasteiger partial charge in [0.25, 0.3) is 0 Å². The summed E-state index contributed by atoms with van der Waals surface area (Å²) in [7, 11) is 1.70. The molecule has 1 nitrogen and oxygen atoms in total. The van der Waals surface area contributed by atoms with Crippen molar-refractivity contribution in [2.45, 2.75) is 10.9 Å². The van der Waals surface area contributed by atoms with E-state index in [1.807, 2.05) is 24.3 Å². The Morgan fingerprint density at radius 1 is 1.10 bits per heavy atom. The molecule has 112 valence electrons. The highest BCUT2D eigenvalue weighted by molar-refractivity contribution is 9.10. The van der Waals surface area contributed by atoms with Gasteiger partial charge in [0.1, 0.15) is 11.6 Å². The lowest BCUT2D eigenvalue weighted by molar-refractivity contribution is 0.510. The summed E-state index contributed by atoms with van der Waals surface area (Å²) in [6.45, 7) is 0. The molecule has 2 aromatic carbocycles. The molecule has 2 rings (SSSR count). The zero-order valence-corrected chi connectivity index (χ0v) is 15.2. The molecule has 0 saturated heterocycles. The summed E-state index contributed by atoms with van der Waals surface area (Å²) in [6, 6.07) is 10.1. The van der Waals surface area contributed by atoms with Crippen LogP contribution in [0.2, 0.25) is 0 Å². The lowest BCUT2D eigenvalue weighted by atomic mass is 10.1. The number of halogens is 4. The van der Waals surface area contributed by atoms with Crippen LogP contribution < -0.4 is 5.32 Å². The molecule has 2 aromatic rings. The van der Waals surface area contributed by atoms with Gasteiger partial charge in [-0.1, -0.05) is 15.9 Å². The molecular formula is C15H13Br2F2NS. The van der Waals surface area contributed by atoms with Crippen molar-refractivity contribution in [3.05, 3.63) is 62.5 Å². The number of benzene rings is 2. The van der Waals surface area contributed by atoms with Crippen molar-refractivity contribution in [3.8, 4) is 0 Å². The molecule has 0 aromatic heterocycles. The molecule has 1 N–H and O–H groups in total. The molecule has 0 saturated carbocycles. The van der Waals surface area contributed by atoms with Crippen molar-refractivity contribution in [2.75, 3.05) is 12.8 Å². The van der Waals surface area contributed by atoms with E-state index in [0.717, 1.165) is 9.37 Å². The van der Waals surface area contributed by atoms with E-state index in [0.29, 0.717) is 5.75 Å². The lowest BCUT2D eigenvalue weighted by Crippen LogP contribution is -2.21. The predicted octanol–water partition coefficient (Wildman–Crippen LogP) is 5.54. The van der Waals surface area contributed by atoms with Crippen LogP contribution in [0.25, 0.3) is 0 Å². The second-order valence-corrected chi connectivity index (χ2v) is 7.23. The number of hydrogen-bond donors (Lipinski definition) is 1. The van der Waals surface area contributed by atoms with Crippen LogP contribution >= 0.6 is 43.6 Å². The molecule has 0 fully saturated rings. The van der Waals surface area contributed by atoms with Crippen molar-refractivity contribution in [3.63, 3.8) is 0 Å². The van der Waals surface area contributed by atoms with E-state index >= 15 is 0 Å². The molecule has 0 radical (unpaired) electrons. The molecule has 1 atom stereocenters. The Bertz CT molecular complexity index is 620. The Kier molecular flexibility index (Phi) is 6.22. The summed E-state index contributed by atoms with van der Waals surface area (Å²) in [5.41, 5.74) is 0.0662.